The van der Waals surface area contributed by atoms with Crippen LogP contribution in [0.1, 0.15) is 9.67 Å². The van der Waals surface area contributed by atoms with Crippen molar-refractivity contribution in [3.63, 3.8) is 0 Å². The van der Waals surface area contributed by atoms with Crippen LogP contribution in [0.5, 0.6) is 0 Å². The Labute approximate surface area is 178 Å². The third-order valence-corrected chi connectivity index (χ3v) is 6.85. The molecule has 0 saturated heterocycles. The van der Waals surface area contributed by atoms with Crippen LogP contribution < -0.4 is 9.79 Å². The molecule has 0 fully saturated rings. The lowest BCUT2D eigenvalue weighted by atomic mass is 10.0. The van der Waals surface area contributed by atoms with E-state index < -0.39 is 15.9 Å². The predicted octanol–water partition coefficient (Wildman–Crippen LogP) is 4.79. The first-order valence-electron chi connectivity index (χ1n) is 9.02. The summed E-state index contributed by atoms with van der Waals surface area (Å²) in [5.74, 6) is -0.611. The number of nitrogens with zero attached hydrogens (tertiary/aromatic N) is 1. The lowest BCUT2D eigenvalue weighted by molar-refractivity contribution is 0.0711. The lowest BCUT2D eigenvalue weighted by Gasteiger charge is -2.22. The molecule has 6 nitrogen and oxygen atoms in total. The zero-order valence-electron chi connectivity index (χ0n) is 15.9. The molecular formula is C22H18N2O4S2. The Morgan fingerprint density at radius 3 is 2.17 bits per heavy atom. The number of benzene rings is 3. The van der Waals surface area contributed by atoms with Crippen LogP contribution in [0.25, 0.3) is 21.2 Å². The van der Waals surface area contributed by atoms with Crippen LogP contribution >= 0.6 is 11.3 Å². The van der Waals surface area contributed by atoms with Crippen LogP contribution in [-0.4, -0.2) is 25.8 Å². The summed E-state index contributed by atoms with van der Waals surface area (Å²) in [5, 5.41) is 9.93. The van der Waals surface area contributed by atoms with E-state index in [1.807, 2.05) is 36.4 Å². The van der Waals surface area contributed by atoms with Gasteiger partial charge in [0.2, 0.25) is 10.0 Å². The second kappa shape index (κ2) is 7.91. The molecule has 2 N–H and O–H groups in total. The fraction of sp³-hybridized carbons (Fsp3) is 0.0455. The van der Waals surface area contributed by atoms with E-state index in [0.717, 1.165) is 21.9 Å². The molecular weight excluding hydrogens is 420 g/mol. The summed E-state index contributed by atoms with van der Waals surface area (Å²) in [7, 11) is -3.61. The Kier molecular flexibility index (Phi) is 5.29. The number of sulfonamides is 1. The van der Waals surface area contributed by atoms with Gasteiger partial charge in [0.15, 0.2) is 0 Å². The summed E-state index contributed by atoms with van der Waals surface area (Å²) in [6, 6.07) is 23.4. The zero-order valence-corrected chi connectivity index (χ0v) is 17.6. The van der Waals surface area contributed by atoms with Crippen molar-refractivity contribution >= 4 is 48.7 Å². The first kappa shape index (κ1) is 20.1. The van der Waals surface area contributed by atoms with E-state index in [0.29, 0.717) is 21.8 Å². The zero-order chi connectivity index (χ0) is 21.3. The van der Waals surface area contributed by atoms with Crippen molar-refractivity contribution in [2.45, 2.75) is 0 Å². The Bertz CT molecular complexity index is 1320. The van der Waals surface area contributed by atoms with E-state index in [2.05, 4.69) is 0 Å². The topological polar surface area (TPSA) is 86.7 Å². The summed E-state index contributed by atoms with van der Waals surface area (Å²) in [5.41, 5.74) is 4.12. The highest BCUT2D eigenvalue weighted by Gasteiger charge is 2.23. The number of carbonyl (C=O) groups excluding carboxylic acids is 1. The molecule has 0 atom stereocenters. The molecule has 0 spiro atoms. The molecule has 4 rings (SSSR count). The number of rotatable bonds is 5. The molecule has 4 aromatic rings. The summed E-state index contributed by atoms with van der Waals surface area (Å²) in [4.78, 5) is 12.7. The average molecular weight is 439 g/mol. The Hall–Kier alpha value is -3.20. The Morgan fingerprint density at radius 2 is 1.57 bits per heavy atom. The van der Waals surface area contributed by atoms with Crippen molar-refractivity contribution in [1.29, 1.82) is 0 Å². The third-order valence-electron chi connectivity index (χ3n) is 4.60. The molecule has 0 saturated carbocycles. The van der Waals surface area contributed by atoms with Crippen LogP contribution in [0.3, 0.4) is 0 Å². The van der Waals surface area contributed by atoms with E-state index in [1.165, 1.54) is 15.6 Å². The fourth-order valence-corrected chi connectivity index (χ4v) is 5.51. The van der Waals surface area contributed by atoms with Gasteiger partial charge in [0.25, 0.3) is 5.91 Å². The molecule has 3 aromatic carbocycles. The first-order chi connectivity index (χ1) is 14.4. The molecule has 1 aromatic heterocycles. The quantitative estimate of drug-likeness (QED) is 0.347. The first-order valence-corrected chi connectivity index (χ1v) is 11.7. The van der Waals surface area contributed by atoms with Crippen molar-refractivity contribution in [1.82, 2.24) is 5.48 Å². The van der Waals surface area contributed by atoms with Gasteiger partial charge in [0, 0.05) is 15.6 Å². The Morgan fingerprint density at radius 1 is 0.933 bits per heavy atom. The number of carbonyl (C=O) groups is 1. The van der Waals surface area contributed by atoms with Gasteiger partial charge in [-0.1, -0.05) is 48.5 Å². The molecule has 1 amide bonds. The summed E-state index contributed by atoms with van der Waals surface area (Å²) >= 11 is 1.24. The number of thiophene rings is 1. The summed E-state index contributed by atoms with van der Waals surface area (Å²) in [6.07, 6.45) is 1.15. The maximum Gasteiger partial charge on any atom is 0.285 e. The van der Waals surface area contributed by atoms with Gasteiger partial charge in [-0.2, -0.15) is 0 Å². The molecule has 0 radical (unpaired) electrons. The second-order valence-electron chi connectivity index (χ2n) is 6.66. The minimum absolute atomic E-state index is 0.349. The number of hydroxylamine groups is 1. The monoisotopic (exact) mass is 438 g/mol. The van der Waals surface area contributed by atoms with E-state index >= 15 is 0 Å². The molecule has 0 aliphatic heterocycles. The van der Waals surface area contributed by atoms with Gasteiger partial charge < -0.3 is 0 Å². The van der Waals surface area contributed by atoms with Crippen LogP contribution in [0, 0.1) is 0 Å². The lowest BCUT2D eigenvalue weighted by Crippen LogP contribution is -2.24. The highest BCUT2D eigenvalue weighted by molar-refractivity contribution is 7.92. The van der Waals surface area contributed by atoms with Crippen molar-refractivity contribution in [3.05, 3.63) is 83.7 Å². The Balaban J connectivity index is 1.99. The van der Waals surface area contributed by atoms with Gasteiger partial charge >= 0.3 is 0 Å². The van der Waals surface area contributed by atoms with E-state index in [1.54, 1.807) is 47.9 Å². The molecule has 0 bridgehead atoms. The highest BCUT2D eigenvalue weighted by atomic mass is 32.2. The number of anilines is 2. The van der Waals surface area contributed by atoms with Gasteiger partial charge in [0.05, 0.1) is 17.6 Å². The van der Waals surface area contributed by atoms with Gasteiger partial charge in [-0.3, -0.25) is 10.0 Å². The molecule has 0 unspecified atom stereocenters. The molecule has 30 heavy (non-hydrogen) atoms. The fourth-order valence-electron chi connectivity index (χ4n) is 3.41. The molecule has 0 aliphatic carbocycles. The SMILES string of the molecule is CS(=O)(=O)N(c1ccccc1)c1ccc2sc(C(=O)NO)c(-c3ccccc3)c2c1. The smallest absolute Gasteiger partial charge is 0.285 e. The molecule has 8 heteroatoms. The van der Waals surface area contributed by atoms with Gasteiger partial charge in [-0.25, -0.2) is 18.2 Å². The van der Waals surface area contributed by atoms with E-state index in [4.69, 9.17) is 0 Å². The molecule has 1 heterocycles. The normalized spacial score (nSPS) is 11.4. The third kappa shape index (κ3) is 3.68. The molecule has 152 valence electrons. The number of hydrogen-bond acceptors (Lipinski definition) is 5. The number of nitrogens with one attached hydrogen (secondary N) is 1. The number of fused-ring (bicyclic) bond motifs is 1. The van der Waals surface area contributed by atoms with E-state index in [-0.39, 0.29) is 0 Å². The largest absolute Gasteiger partial charge is 0.288 e. The second-order valence-corrected chi connectivity index (χ2v) is 9.54. The number of para-hydroxylation sites is 1. The maximum absolute atomic E-state index is 12.6. The summed E-state index contributed by atoms with van der Waals surface area (Å²) in [6.45, 7) is 0. The van der Waals surface area contributed by atoms with Crippen molar-refractivity contribution in [2.24, 2.45) is 0 Å². The highest BCUT2D eigenvalue weighted by Crippen LogP contribution is 2.41. The minimum atomic E-state index is -3.61. The predicted molar refractivity (Wildman–Crippen MR) is 120 cm³/mol. The number of hydrogen-bond donors (Lipinski definition) is 2. The minimum Gasteiger partial charge on any atom is -0.288 e. The molecule has 0 aliphatic rings. The van der Waals surface area contributed by atoms with Crippen molar-refractivity contribution in [3.8, 4) is 11.1 Å². The summed E-state index contributed by atoms with van der Waals surface area (Å²) < 4.78 is 27.3. The van der Waals surface area contributed by atoms with Crippen LogP contribution in [0.15, 0.2) is 78.9 Å². The van der Waals surface area contributed by atoms with E-state index in [9.17, 15) is 18.4 Å². The van der Waals surface area contributed by atoms with Gasteiger partial charge in [0.1, 0.15) is 4.88 Å². The standard InChI is InChI=1S/C22H18N2O4S2/c1-30(27,28)24(16-10-6-3-7-11-16)17-12-13-19-18(14-17)20(15-8-4-2-5-9-15)21(29-19)22(25)23-26/h2-14,26H,1H3,(H,23,25). The van der Waals surface area contributed by atoms with Crippen LogP contribution in [0.4, 0.5) is 11.4 Å². The maximum atomic E-state index is 12.6. The van der Waals surface area contributed by atoms with Crippen LogP contribution in [0.2, 0.25) is 0 Å². The van der Waals surface area contributed by atoms with Crippen molar-refractivity contribution < 1.29 is 18.4 Å². The van der Waals surface area contributed by atoms with Gasteiger partial charge in [-0.05, 0) is 35.9 Å². The number of amides is 1. The van der Waals surface area contributed by atoms with Crippen LogP contribution in [-0.2, 0) is 10.0 Å². The van der Waals surface area contributed by atoms with Gasteiger partial charge in [-0.15, -0.1) is 11.3 Å². The van der Waals surface area contributed by atoms with Crippen molar-refractivity contribution in [2.75, 3.05) is 10.6 Å². The average Bonchev–Trinajstić information content (AvgIpc) is 3.12.